The molecule has 1 atom stereocenters. The highest BCUT2D eigenvalue weighted by molar-refractivity contribution is 4.52. The van der Waals surface area contributed by atoms with Gasteiger partial charge in [-0.1, -0.05) is 13.3 Å². The fraction of sp³-hybridized carbons (Fsp3) is 1.00. The maximum absolute atomic E-state index is 9.01. The Bertz CT molecular complexity index is 96.2. The largest absolute Gasteiger partial charge is 0.394 e. The standard InChI is InChI=1S/C10H22O3/c1-2-3-7-13-8-5-4-6-10(12)9-11/h10-12H,2-9H2,1H3/t10-/m0/s1. The Hall–Kier alpha value is -0.120. The fourth-order valence-electron chi connectivity index (χ4n) is 1.02. The summed E-state index contributed by atoms with van der Waals surface area (Å²) >= 11 is 0. The Morgan fingerprint density at radius 2 is 1.85 bits per heavy atom. The molecule has 0 heterocycles. The Kier molecular flexibility index (Phi) is 9.87. The van der Waals surface area contributed by atoms with Crippen molar-refractivity contribution in [3.8, 4) is 0 Å². The summed E-state index contributed by atoms with van der Waals surface area (Å²) < 4.78 is 5.35. The summed E-state index contributed by atoms with van der Waals surface area (Å²) in [5.74, 6) is 0. The van der Waals surface area contributed by atoms with Gasteiger partial charge in [0.25, 0.3) is 0 Å². The van der Waals surface area contributed by atoms with E-state index in [4.69, 9.17) is 14.9 Å². The SMILES string of the molecule is CCCCOCCCC[C@H](O)CO. The predicted molar refractivity (Wildman–Crippen MR) is 52.7 cm³/mol. The molecule has 0 aromatic rings. The molecule has 0 saturated heterocycles. The minimum absolute atomic E-state index is 0.128. The smallest absolute Gasteiger partial charge is 0.0771 e. The summed E-state index contributed by atoms with van der Waals surface area (Å²) in [6.07, 6.45) is 4.32. The number of aliphatic hydroxyl groups excluding tert-OH is 2. The quantitative estimate of drug-likeness (QED) is 0.539. The van der Waals surface area contributed by atoms with Crippen LogP contribution in [0, 0.1) is 0 Å². The lowest BCUT2D eigenvalue weighted by atomic mass is 10.2. The number of hydrogen-bond donors (Lipinski definition) is 2. The van der Waals surface area contributed by atoms with Gasteiger partial charge in [0.15, 0.2) is 0 Å². The summed E-state index contributed by atoms with van der Waals surface area (Å²) in [5.41, 5.74) is 0. The summed E-state index contributed by atoms with van der Waals surface area (Å²) in [7, 11) is 0. The van der Waals surface area contributed by atoms with E-state index in [9.17, 15) is 0 Å². The Morgan fingerprint density at radius 3 is 2.46 bits per heavy atom. The zero-order valence-electron chi connectivity index (χ0n) is 8.54. The molecule has 0 unspecified atom stereocenters. The van der Waals surface area contributed by atoms with Gasteiger partial charge in [-0.15, -0.1) is 0 Å². The molecule has 3 heteroatoms. The Morgan fingerprint density at radius 1 is 1.15 bits per heavy atom. The van der Waals surface area contributed by atoms with Crippen LogP contribution in [-0.2, 0) is 4.74 Å². The van der Waals surface area contributed by atoms with Gasteiger partial charge in [0.1, 0.15) is 0 Å². The van der Waals surface area contributed by atoms with Gasteiger partial charge in [0, 0.05) is 13.2 Å². The van der Waals surface area contributed by atoms with Crippen LogP contribution in [0.25, 0.3) is 0 Å². The molecule has 0 spiro atoms. The molecular weight excluding hydrogens is 168 g/mol. The highest BCUT2D eigenvalue weighted by Gasteiger charge is 2.00. The van der Waals surface area contributed by atoms with E-state index in [0.717, 1.165) is 32.5 Å². The molecule has 80 valence electrons. The van der Waals surface area contributed by atoms with Gasteiger partial charge in [-0.2, -0.15) is 0 Å². The lowest BCUT2D eigenvalue weighted by molar-refractivity contribution is 0.0801. The van der Waals surface area contributed by atoms with Crippen LogP contribution in [0.5, 0.6) is 0 Å². The Labute approximate surface area is 80.7 Å². The predicted octanol–water partition coefficient (Wildman–Crippen LogP) is 1.33. The number of aliphatic hydroxyl groups is 2. The first-order valence-corrected chi connectivity index (χ1v) is 5.18. The topological polar surface area (TPSA) is 49.7 Å². The van der Waals surface area contributed by atoms with E-state index in [2.05, 4.69) is 6.92 Å². The number of ether oxygens (including phenoxy) is 1. The molecule has 0 fully saturated rings. The number of hydrogen-bond acceptors (Lipinski definition) is 3. The van der Waals surface area contributed by atoms with Gasteiger partial charge in [-0.05, 0) is 25.7 Å². The molecule has 2 N–H and O–H groups in total. The molecule has 0 radical (unpaired) electrons. The van der Waals surface area contributed by atoms with Crippen LogP contribution in [0.2, 0.25) is 0 Å². The van der Waals surface area contributed by atoms with Gasteiger partial charge in [-0.25, -0.2) is 0 Å². The van der Waals surface area contributed by atoms with Crippen molar-refractivity contribution in [3.05, 3.63) is 0 Å². The van der Waals surface area contributed by atoms with E-state index in [1.165, 1.54) is 6.42 Å². The highest BCUT2D eigenvalue weighted by atomic mass is 16.5. The van der Waals surface area contributed by atoms with Crippen molar-refractivity contribution < 1.29 is 14.9 Å². The average molecular weight is 190 g/mol. The van der Waals surface area contributed by atoms with Crippen LogP contribution in [-0.4, -0.2) is 36.1 Å². The maximum Gasteiger partial charge on any atom is 0.0771 e. The second-order valence-electron chi connectivity index (χ2n) is 3.30. The molecule has 3 nitrogen and oxygen atoms in total. The molecule has 0 aromatic carbocycles. The van der Waals surface area contributed by atoms with E-state index in [1.807, 2.05) is 0 Å². The first-order valence-electron chi connectivity index (χ1n) is 5.18. The molecule has 0 aliphatic rings. The van der Waals surface area contributed by atoms with E-state index in [1.54, 1.807) is 0 Å². The van der Waals surface area contributed by atoms with Gasteiger partial charge in [0.2, 0.25) is 0 Å². The van der Waals surface area contributed by atoms with Gasteiger partial charge < -0.3 is 14.9 Å². The molecule has 13 heavy (non-hydrogen) atoms. The third kappa shape index (κ3) is 9.80. The van der Waals surface area contributed by atoms with E-state index < -0.39 is 6.10 Å². The fourth-order valence-corrected chi connectivity index (χ4v) is 1.02. The lowest BCUT2D eigenvalue weighted by Crippen LogP contribution is -2.11. The number of rotatable bonds is 9. The summed E-state index contributed by atoms with van der Waals surface area (Å²) in [6.45, 7) is 3.63. The monoisotopic (exact) mass is 190 g/mol. The molecule has 0 aromatic heterocycles. The van der Waals surface area contributed by atoms with Gasteiger partial charge in [-0.3, -0.25) is 0 Å². The first-order chi connectivity index (χ1) is 6.31. The number of unbranched alkanes of at least 4 members (excludes halogenated alkanes) is 2. The molecule has 0 rings (SSSR count). The van der Waals surface area contributed by atoms with Gasteiger partial charge >= 0.3 is 0 Å². The summed E-state index contributed by atoms with van der Waals surface area (Å²) in [4.78, 5) is 0. The average Bonchev–Trinajstić information content (AvgIpc) is 2.16. The molecule has 0 bridgehead atoms. The van der Waals surface area contributed by atoms with E-state index >= 15 is 0 Å². The molecule has 0 amide bonds. The van der Waals surface area contributed by atoms with Crippen LogP contribution >= 0.6 is 0 Å². The van der Waals surface area contributed by atoms with Crippen LogP contribution in [0.3, 0.4) is 0 Å². The molecule has 0 aliphatic carbocycles. The van der Waals surface area contributed by atoms with E-state index in [-0.39, 0.29) is 6.61 Å². The van der Waals surface area contributed by atoms with Crippen molar-refractivity contribution in [1.82, 2.24) is 0 Å². The summed E-state index contributed by atoms with van der Waals surface area (Å²) in [5, 5.41) is 17.5. The zero-order chi connectivity index (χ0) is 9.94. The highest BCUT2D eigenvalue weighted by Crippen LogP contribution is 2.00. The van der Waals surface area contributed by atoms with Crippen molar-refractivity contribution >= 4 is 0 Å². The van der Waals surface area contributed by atoms with Crippen molar-refractivity contribution in [2.75, 3.05) is 19.8 Å². The van der Waals surface area contributed by atoms with Gasteiger partial charge in [0.05, 0.1) is 12.7 Å². The molecule has 0 aliphatic heterocycles. The summed E-state index contributed by atoms with van der Waals surface area (Å²) in [6, 6.07) is 0. The molecule has 0 saturated carbocycles. The minimum Gasteiger partial charge on any atom is -0.394 e. The molecular formula is C10H22O3. The Balaban J connectivity index is 2.91. The third-order valence-electron chi connectivity index (χ3n) is 1.93. The third-order valence-corrected chi connectivity index (χ3v) is 1.93. The first kappa shape index (κ1) is 12.9. The minimum atomic E-state index is -0.546. The van der Waals surface area contributed by atoms with Crippen molar-refractivity contribution in [2.45, 2.75) is 45.1 Å². The second kappa shape index (κ2) is 9.96. The van der Waals surface area contributed by atoms with Crippen molar-refractivity contribution in [3.63, 3.8) is 0 Å². The van der Waals surface area contributed by atoms with E-state index in [0.29, 0.717) is 6.42 Å². The lowest BCUT2D eigenvalue weighted by Gasteiger charge is -2.06. The normalized spacial score (nSPS) is 13.2. The van der Waals surface area contributed by atoms with Crippen LogP contribution in [0.1, 0.15) is 39.0 Å². The van der Waals surface area contributed by atoms with Crippen LogP contribution < -0.4 is 0 Å². The second-order valence-corrected chi connectivity index (χ2v) is 3.30. The maximum atomic E-state index is 9.01. The van der Waals surface area contributed by atoms with Crippen LogP contribution in [0.15, 0.2) is 0 Å². The zero-order valence-corrected chi connectivity index (χ0v) is 8.54. The van der Waals surface area contributed by atoms with Crippen molar-refractivity contribution in [1.29, 1.82) is 0 Å². The van der Waals surface area contributed by atoms with Crippen LogP contribution in [0.4, 0.5) is 0 Å². The van der Waals surface area contributed by atoms with Crippen molar-refractivity contribution in [2.24, 2.45) is 0 Å².